The summed E-state index contributed by atoms with van der Waals surface area (Å²) in [5.74, 6) is 0.353. The van der Waals surface area contributed by atoms with Crippen molar-refractivity contribution in [3.63, 3.8) is 0 Å². The van der Waals surface area contributed by atoms with Crippen LogP contribution in [-0.2, 0) is 0 Å². The minimum absolute atomic E-state index is 0.186. The van der Waals surface area contributed by atoms with Gasteiger partial charge in [0.15, 0.2) is 18.0 Å². The molecule has 31 heavy (non-hydrogen) atoms. The van der Waals surface area contributed by atoms with Crippen LogP contribution in [0.5, 0.6) is 0 Å². The zero-order chi connectivity index (χ0) is 21.2. The van der Waals surface area contributed by atoms with Crippen LogP contribution in [0.15, 0.2) is 61.1 Å². The van der Waals surface area contributed by atoms with Crippen LogP contribution in [0.3, 0.4) is 0 Å². The van der Waals surface area contributed by atoms with E-state index in [2.05, 4.69) is 42.3 Å². The van der Waals surface area contributed by atoms with Gasteiger partial charge in [-0.3, -0.25) is 9.89 Å². The number of H-pyrrole nitrogens is 2. The highest BCUT2D eigenvalue weighted by Crippen LogP contribution is 2.25. The summed E-state index contributed by atoms with van der Waals surface area (Å²) >= 11 is 0. The van der Waals surface area contributed by atoms with Crippen LogP contribution in [0.25, 0.3) is 22.2 Å². The summed E-state index contributed by atoms with van der Waals surface area (Å²) in [5.41, 5.74) is 4.25. The molecule has 0 bridgehead atoms. The zero-order valence-electron chi connectivity index (χ0n) is 17.3. The summed E-state index contributed by atoms with van der Waals surface area (Å²) in [4.78, 5) is 25.0. The molecule has 8 nitrogen and oxygen atoms in total. The number of aromatic nitrogens is 4. The van der Waals surface area contributed by atoms with Gasteiger partial charge < -0.3 is 15.1 Å². The Morgan fingerprint density at radius 1 is 1.10 bits per heavy atom. The first-order chi connectivity index (χ1) is 15.2. The first kappa shape index (κ1) is 19.2. The molecule has 4 heterocycles. The first-order valence-corrected chi connectivity index (χ1v) is 10.3. The van der Waals surface area contributed by atoms with E-state index in [9.17, 15) is 4.79 Å². The maximum absolute atomic E-state index is 12.8. The van der Waals surface area contributed by atoms with Crippen molar-refractivity contribution in [2.75, 3.05) is 43.4 Å². The van der Waals surface area contributed by atoms with Crippen LogP contribution in [0.1, 0.15) is 10.4 Å². The quantitative estimate of drug-likeness (QED) is 0.535. The Kier molecular flexibility index (Phi) is 5.05. The van der Waals surface area contributed by atoms with E-state index in [4.69, 9.17) is 0 Å². The number of piperazine rings is 1. The number of hydrogen-bond acceptors (Lipinski definition) is 5. The van der Waals surface area contributed by atoms with Crippen LogP contribution in [-0.4, -0.2) is 59.2 Å². The third kappa shape index (κ3) is 3.97. The largest absolute Gasteiger partial charge is 0.369 e. The van der Waals surface area contributed by atoms with Crippen molar-refractivity contribution in [3.8, 4) is 11.1 Å². The average Bonchev–Trinajstić information content (AvgIpc) is 3.22. The lowest BCUT2D eigenvalue weighted by Gasteiger charge is -2.34. The predicted molar refractivity (Wildman–Crippen MR) is 120 cm³/mol. The smallest absolute Gasteiger partial charge is 0.256 e. The van der Waals surface area contributed by atoms with Crippen molar-refractivity contribution < 1.29 is 9.78 Å². The number of benzene rings is 1. The Bertz CT molecular complexity index is 1200. The Hall–Kier alpha value is -3.78. The molecule has 3 aromatic heterocycles. The molecule has 156 valence electrons. The minimum Gasteiger partial charge on any atom is -0.369 e. The van der Waals surface area contributed by atoms with E-state index in [1.807, 2.05) is 54.9 Å². The van der Waals surface area contributed by atoms with Crippen molar-refractivity contribution >= 4 is 28.4 Å². The molecule has 0 aliphatic carbocycles. The Morgan fingerprint density at radius 2 is 1.90 bits per heavy atom. The SMILES string of the molecule is CN1CCN(c2ccc(C(=O)Nc3[nH]nc4ncc(-c5ccc[nH+]c5)cc34)cc2)CC1. The number of anilines is 2. The van der Waals surface area contributed by atoms with Gasteiger partial charge in [-0.05, 0) is 43.4 Å². The number of nitrogens with zero attached hydrogens (tertiary/aromatic N) is 4. The number of hydrogen-bond donors (Lipinski definition) is 2. The van der Waals surface area contributed by atoms with E-state index >= 15 is 0 Å². The fourth-order valence-corrected chi connectivity index (χ4v) is 3.80. The molecule has 1 aliphatic heterocycles. The molecule has 0 atom stereocenters. The summed E-state index contributed by atoms with van der Waals surface area (Å²) in [5, 5.41) is 10.8. The Morgan fingerprint density at radius 3 is 2.65 bits per heavy atom. The third-order valence-electron chi connectivity index (χ3n) is 5.69. The van der Waals surface area contributed by atoms with Crippen LogP contribution in [0.2, 0.25) is 0 Å². The van der Waals surface area contributed by atoms with Crippen molar-refractivity contribution in [2.45, 2.75) is 0 Å². The predicted octanol–water partition coefficient (Wildman–Crippen LogP) is 2.44. The number of amides is 1. The normalized spacial score (nSPS) is 14.7. The van der Waals surface area contributed by atoms with Gasteiger partial charge in [0.05, 0.1) is 5.39 Å². The van der Waals surface area contributed by atoms with Crippen LogP contribution in [0, 0.1) is 0 Å². The van der Waals surface area contributed by atoms with Crippen molar-refractivity contribution in [2.24, 2.45) is 0 Å². The second kappa shape index (κ2) is 8.16. The van der Waals surface area contributed by atoms with E-state index in [1.54, 1.807) is 6.20 Å². The van der Waals surface area contributed by atoms with Crippen LogP contribution in [0.4, 0.5) is 11.5 Å². The summed E-state index contributed by atoms with van der Waals surface area (Å²) < 4.78 is 0. The monoisotopic (exact) mass is 414 g/mol. The van der Waals surface area contributed by atoms with Crippen molar-refractivity contribution in [1.82, 2.24) is 20.1 Å². The Balaban J connectivity index is 1.34. The van der Waals surface area contributed by atoms with Crippen molar-refractivity contribution in [3.05, 3.63) is 66.6 Å². The minimum atomic E-state index is -0.186. The molecule has 5 rings (SSSR count). The molecule has 0 spiro atoms. The van der Waals surface area contributed by atoms with Gasteiger partial charge in [-0.15, -0.1) is 0 Å². The Labute approximate surface area is 179 Å². The lowest BCUT2D eigenvalue weighted by molar-refractivity contribution is -0.377. The summed E-state index contributed by atoms with van der Waals surface area (Å²) in [6, 6.07) is 13.7. The molecule has 1 fully saturated rings. The van der Waals surface area contributed by atoms with E-state index in [-0.39, 0.29) is 5.91 Å². The molecule has 0 saturated carbocycles. The fraction of sp³-hybridized carbons (Fsp3) is 0.217. The lowest BCUT2D eigenvalue weighted by Crippen LogP contribution is -2.44. The maximum atomic E-state index is 12.8. The van der Waals surface area contributed by atoms with Gasteiger partial charge in [0.1, 0.15) is 5.82 Å². The average molecular weight is 414 g/mol. The first-order valence-electron chi connectivity index (χ1n) is 10.3. The molecule has 0 radical (unpaired) electrons. The molecule has 1 aromatic carbocycles. The standard InChI is InChI=1S/C23H23N7O/c1-29-9-11-30(12-10-29)19-6-4-16(5-7-19)23(31)26-22-20-13-18(15-25-21(20)27-28-22)17-3-2-8-24-14-17/h2-8,13-15H,9-12H2,1H3,(H2,25,26,27,28,31)/p+1. The number of likely N-dealkylation sites (N-methyl/N-ethyl adjacent to an activating group) is 1. The highest BCUT2D eigenvalue weighted by Gasteiger charge is 2.16. The lowest BCUT2D eigenvalue weighted by atomic mass is 10.1. The number of aromatic amines is 2. The summed E-state index contributed by atoms with van der Waals surface area (Å²) in [6.45, 7) is 4.09. The van der Waals surface area contributed by atoms with Gasteiger partial charge >= 0.3 is 0 Å². The molecule has 3 N–H and O–H groups in total. The maximum Gasteiger partial charge on any atom is 0.256 e. The molecule has 1 amide bonds. The summed E-state index contributed by atoms with van der Waals surface area (Å²) in [6.07, 6.45) is 5.53. The van der Waals surface area contributed by atoms with Gasteiger partial charge in [-0.2, -0.15) is 5.10 Å². The molecular weight excluding hydrogens is 390 g/mol. The molecule has 0 unspecified atom stereocenters. The van der Waals surface area contributed by atoms with Gasteiger partial charge in [0.2, 0.25) is 0 Å². The molecule has 4 aromatic rings. The highest BCUT2D eigenvalue weighted by atomic mass is 16.1. The number of fused-ring (bicyclic) bond motifs is 1. The number of rotatable bonds is 4. The van der Waals surface area contributed by atoms with Crippen molar-refractivity contribution in [1.29, 1.82) is 0 Å². The zero-order valence-corrected chi connectivity index (χ0v) is 17.3. The molecule has 1 aliphatic rings. The van der Waals surface area contributed by atoms with E-state index in [0.29, 0.717) is 17.0 Å². The number of pyridine rings is 2. The van der Waals surface area contributed by atoms with Gasteiger partial charge in [0.25, 0.3) is 5.91 Å². The van der Waals surface area contributed by atoms with Gasteiger partial charge in [-0.1, -0.05) is 0 Å². The van der Waals surface area contributed by atoms with Gasteiger partial charge in [0, 0.05) is 60.8 Å². The van der Waals surface area contributed by atoms with Crippen LogP contribution >= 0.6 is 0 Å². The molecule has 8 heteroatoms. The second-order valence-electron chi connectivity index (χ2n) is 7.78. The fourth-order valence-electron chi connectivity index (χ4n) is 3.80. The molecule has 1 saturated heterocycles. The number of carbonyl (C=O) groups is 1. The second-order valence-corrected chi connectivity index (χ2v) is 7.78. The van der Waals surface area contributed by atoms with Gasteiger partial charge in [-0.25, -0.2) is 9.97 Å². The third-order valence-corrected chi connectivity index (χ3v) is 5.69. The topological polar surface area (TPSA) is 91.3 Å². The van der Waals surface area contributed by atoms with Crippen LogP contribution < -0.4 is 15.2 Å². The number of nitrogens with one attached hydrogen (secondary N) is 3. The van der Waals surface area contributed by atoms with E-state index in [1.165, 1.54) is 0 Å². The van der Waals surface area contributed by atoms with E-state index in [0.717, 1.165) is 48.4 Å². The van der Waals surface area contributed by atoms with E-state index < -0.39 is 0 Å². The number of carbonyl (C=O) groups excluding carboxylic acids is 1. The summed E-state index contributed by atoms with van der Waals surface area (Å²) in [7, 11) is 2.14. The highest BCUT2D eigenvalue weighted by molar-refractivity contribution is 6.08. The molecular formula is C23H24N7O+.